The number of para-hydroxylation sites is 1. The lowest BCUT2D eigenvalue weighted by atomic mass is 9.82. The summed E-state index contributed by atoms with van der Waals surface area (Å²) >= 11 is 0. The SMILES string of the molecule is Cc1oc(-c2ccccc2N(C)C)nc1CCOc1ccc(/C=C(\CC(=O)N2C[C@H]3CCCC[C@H]3C2)C(=O)O)cc1. The summed E-state index contributed by atoms with van der Waals surface area (Å²) in [6, 6.07) is 15.2. The second-order valence-corrected chi connectivity index (χ2v) is 11.4. The Morgan fingerprint density at radius 1 is 1.07 bits per heavy atom. The molecule has 0 spiro atoms. The van der Waals surface area contributed by atoms with Gasteiger partial charge in [-0.15, -0.1) is 0 Å². The minimum atomic E-state index is -1.06. The highest BCUT2D eigenvalue weighted by atomic mass is 16.5. The van der Waals surface area contributed by atoms with E-state index in [0.29, 0.717) is 42.1 Å². The Labute approximate surface area is 241 Å². The maximum absolute atomic E-state index is 12.9. The molecule has 2 heterocycles. The van der Waals surface area contributed by atoms with Crippen LogP contribution in [0.4, 0.5) is 5.69 Å². The van der Waals surface area contributed by atoms with E-state index in [1.165, 1.54) is 25.7 Å². The Morgan fingerprint density at radius 2 is 1.76 bits per heavy atom. The number of benzene rings is 2. The highest BCUT2D eigenvalue weighted by Gasteiger charge is 2.36. The van der Waals surface area contributed by atoms with E-state index in [0.717, 1.165) is 35.8 Å². The van der Waals surface area contributed by atoms with E-state index in [2.05, 4.69) is 0 Å². The van der Waals surface area contributed by atoms with Crippen LogP contribution in [0.3, 0.4) is 0 Å². The fraction of sp³-hybridized carbons (Fsp3) is 0.424. The van der Waals surface area contributed by atoms with Crippen LogP contribution in [0, 0.1) is 18.8 Å². The number of likely N-dealkylation sites (tertiary alicyclic amines) is 1. The monoisotopic (exact) mass is 557 g/mol. The van der Waals surface area contributed by atoms with Crippen molar-refractivity contribution in [2.24, 2.45) is 11.8 Å². The molecule has 8 heteroatoms. The van der Waals surface area contributed by atoms with Crippen molar-refractivity contribution in [1.29, 1.82) is 0 Å². The van der Waals surface area contributed by atoms with Crippen LogP contribution in [-0.4, -0.2) is 60.7 Å². The fourth-order valence-corrected chi connectivity index (χ4v) is 6.02. The molecule has 1 aliphatic heterocycles. The zero-order valence-electron chi connectivity index (χ0n) is 24.1. The molecule has 5 rings (SSSR count). The zero-order valence-corrected chi connectivity index (χ0v) is 24.1. The number of aliphatic carboxylic acids is 1. The number of fused-ring (bicyclic) bond motifs is 1. The molecule has 3 aromatic rings. The molecule has 216 valence electrons. The first-order valence-electron chi connectivity index (χ1n) is 14.5. The second kappa shape index (κ2) is 12.6. The van der Waals surface area contributed by atoms with Crippen LogP contribution in [0.1, 0.15) is 49.1 Å². The maximum atomic E-state index is 12.9. The molecule has 2 aliphatic rings. The van der Waals surface area contributed by atoms with Crippen LogP contribution in [0.5, 0.6) is 5.75 Å². The first-order chi connectivity index (χ1) is 19.8. The van der Waals surface area contributed by atoms with Crippen molar-refractivity contribution in [3.05, 3.63) is 71.1 Å². The smallest absolute Gasteiger partial charge is 0.332 e. The van der Waals surface area contributed by atoms with Gasteiger partial charge in [0.2, 0.25) is 11.8 Å². The number of amides is 1. The number of hydrogen-bond acceptors (Lipinski definition) is 6. The third-order valence-electron chi connectivity index (χ3n) is 8.28. The number of carboxylic acids is 1. The van der Waals surface area contributed by atoms with Gasteiger partial charge in [0.05, 0.1) is 24.3 Å². The van der Waals surface area contributed by atoms with E-state index < -0.39 is 5.97 Å². The Kier molecular flexibility index (Phi) is 8.76. The fourth-order valence-electron chi connectivity index (χ4n) is 6.02. The number of carboxylic acid groups (broad SMARTS) is 1. The molecule has 2 aromatic carbocycles. The van der Waals surface area contributed by atoms with Gasteiger partial charge >= 0.3 is 5.97 Å². The average Bonchev–Trinajstić information content (AvgIpc) is 3.57. The lowest BCUT2D eigenvalue weighted by Gasteiger charge is -2.22. The number of carbonyl (C=O) groups excluding carboxylic acids is 1. The summed E-state index contributed by atoms with van der Waals surface area (Å²) in [5.41, 5.74) is 3.65. The number of aryl methyl sites for hydroxylation is 1. The molecule has 2 atom stereocenters. The van der Waals surface area contributed by atoms with Gasteiger partial charge in [-0.2, -0.15) is 0 Å². The van der Waals surface area contributed by atoms with Gasteiger partial charge in [0.1, 0.15) is 11.5 Å². The van der Waals surface area contributed by atoms with Gasteiger partial charge in [-0.25, -0.2) is 9.78 Å². The molecule has 0 bridgehead atoms. The lowest BCUT2D eigenvalue weighted by molar-refractivity contribution is -0.136. The van der Waals surface area contributed by atoms with Crippen molar-refractivity contribution in [2.75, 3.05) is 38.7 Å². The normalized spacial score (nSPS) is 18.7. The van der Waals surface area contributed by atoms with Crippen molar-refractivity contribution in [3.63, 3.8) is 0 Å². The van der Waals surface area contributed by atoms with E-state index >= 15 is 0 Å². The summed E-state index contributed by atoms with van der Waals surface area (Å²) in [5.74, 6) is 2.03. The Morgan fingerprint density at radius 3 is 2.41 bits per heavy atom. The summed E-state index contributed by atoms with van der Waals surface area (Å²) in [6.45, 7) is 3.86. The van der Waals surface area contributed by atoms with Gasteiger partial charge in [0, 0.05) is 44.9 Å². The number of carbonyl (C=O) groups is 2. The summed E-state index contributed by atoms with van der Waals surface area (Å²) in [7, 11) is 3.98. The number of aromatic nitrogens is 1. The Hall–Kier alpha value is -4.07. The summed E-state index contributed by atoms with van der Waals surface area (Å²) < 4.78 is 11.9. The van der Waals surface area contributed by atoms with Crippen molar-refractivity contribution in [2.45, 2.75) is 45.4 Å². The zero-order chi connectivity index (χ0) is 28.9. The molecule has 1 saturated carbocycles. The van der Waals surface area contributed by atoms with Gasteiger partial charge in [-0.05, 0) is 67.5 Å². The molecule has 0 radical (unpaired) electrons. The first-order valence-corrected chi connectivity index (χ1v) is 14.5. The van der Waals surface area contributed by atoms with Crippen LogP contribution in [0.2, 0.25) is 0 Å². The van der Waals surface area contributed by atoms with Gasteiger partial charge in [-0.1, -0.05) is 37.1 Å². The van der Waals surface area contributed by atoms with Crippen molar-refractivity contribution < 1.29 is 23.8 Å². The van der Waals surface area contributed by atoms with E-state index in [4.69, 9.17) is 14.1 Å². The largest absolute Gasteiger partial charge is 0.493 e. The quantitative estimate of drug-likeness (QED) is 0.313. The topological polar surface area (TPSA) is 96.1 Å². The predicted molar refractivity (Wildman–Crippen MR) is 159 cm³/mol. The average molecular weight is 558 g/mol. The minimum absolute atomic E-state index is 0.0922. The molecule has 1 aliphatic carbocycles. The first kappa shape index (κ1) is 28.5. The Bertz CT molecular complexity index is 1390. The lowest BCUT2D eigenvalue weighted by Crippen LogP contribution is -2.29. The van der Waals surface area contributed by atoms with Crippen molar-refractivity contribution in [1.82, 2.24) is 9.88 Å². The number of ether oxygens (including phenoxy) is 1. The van der Waals surface area contributed by atoms with E-state index in [-0.39, 0.29) is 17.9 Å². The third kappa shape index (κ3) is 6.81. The number of oxazole rings is 1. The van der Waals surface area contributed by atoms with Gasteiger partial charge in [-0.3, -0.25) is 4.79 Å². The van der Waals surface area contributed by atoms with E-state index in [1.54, 1.807) is 6.08 Å². The van der Waals surface area contributed by atoms with Gasteiger partial charge < -0.3 is 24.1 Å². The molecule has 1 N–H and O–H groups in total. The van der Waals surface area contributed by atoms with Crippen molar-refractivity contribution >= 4 is 23.6 Å². The molecule has 1 aromatic heterocycles. The van der Waals surface area contributed by atoms with Crippen LogP contribution in [0.15, 0.2) is 58.5 Å². The number of nitrogens with zero attached hydrogens (tertiary/aromatic N) is 3. The molecular weight excluding hydrogens is 518 g/mol. The van der Waals surface area contributed by atoms with Crippen LogP contribution in [0.25, 0.3) is 17.5 Å². The molecule has 0 unspecified atom stereocenters. The number of hydrogen-bond donors (Lipinski definition) is 1. The van der Waals surface area contributed by atoms with Crippen molar-refractivity contribution in [3.8, 4) is 17.2 Å². The summed E-state index contributed by atoms with van der Waals surface area (Å²) in [6.07, 6.45) is 6.89. The number of anilines is 1. The van der Waals surface area contributed by atoms with Crippen LogP contribution < -0.4 is 9.64 Å². The van der Waals surface area contributed by atoms with Gasteiger partial charge in [0.15, 0.2) is 0 Å². The minimum Gasteiger partial charge on any atom is -0.493 e. The maximum Gasteiger partial charge on any atom is 0.332 e. The molecule has 2 fully saturated rings. The highest BCUT2D eigenvalue weighted by Crippen LogP contribution is 2.36. The highest BCUT2D eigenvalue weighted by molar-refractivity contribution is 5.98. The summed E-state index contributed by atoms with van der Waals surface area (Å²) in [4.78, 5) is 33.5. The number of rotatable bonds is 10. The van der Waals surface area contributed by atoms with Crippen LogP contribution >= 0.6 is 0 Å². The van der Waals surface area contributed by atoms with Crippen LogP contribution in [-0.2, 0) is 16.0 Å². The van der Waals surface area contributed by atoms with E-state index in [9.17, 15) is 14.7 Å². The predicted octanol–water partition coefficient (Wildman–Crippen LogP) is 5.84. The Balaban J connectivity index is 1.16. The van der Waals surface area contributed by atoms with E-state index in [1.807, 2.05) is 79.3 Å². The van der Waals surface area contributed by atoms with Gasteiger partial charge in [0.25, 0.3) is 0 Å². The third-order valence-corrected chi connectivity index (χ3v) is 8.28. The molecule has 41 heavy (non-hydrogen) atoms. The molecule has 1 amide bonds. The molecule has 8 nitrogen and oxygen atoms in total. The molecular formula is C33H39N3O5. The second-order valence-electron chi connectivity index (χ2n) is 11.4. The standard InChI is InChI=1S/C33H39N3O5/c1-22-29(34-32(41-22)28-10-6-7-11-30(28)35(2)3)16-17-40-27-14-12-23(13-15-27)18-26(33(38)39)19-31(37)36-20-24-8-4-5-9-25(24)21-36/h6-7,10-15,18,24-25H,4-5,8-9,16-17,19-21H2,1-3H3,(H,38,39)/b26-18+/t24-,25+. The summed E-state index contributed by atoms with van der Waals surface area (Å²) in [5, 5.41) is 9.77. The molecule has 1 saturated heterocycles.